The molecule has 2 atom stereocenters. The van der Waals surface area contributed by atoms with E-state index >= 15 is 0 Å². The maximum Gasteiger partial charge on any atom is 0.305 e. The van der Waals surface area contributed by atoms with Gasteiger partial charge < -0.3 is 9.84 Å². The number of hydrogen-bond acceptors (Lipinski definition) is 3. The fourth-order valence-corrected chi connectivity index (χ4v) is 4.99. The molecule has 0 saturated carbocycles. The highest BCUT2D eigenvalue weighted by Gasteiger charge is 2.10. The van der Waals surface area contributed by atoms with Crippen molar-refractivity contribution in [3.63, 3.8) is 0 Å². The quantitative estimate of drug-likeness (QED) is 0.123. The van der Waals surface area contributed by atoms with Gasteiger partial charge in [-0.1, -0.05) is 123 Å². The number of benzene rings is 1. The summed E-state index contributed by atoms with van der Waals surface area (Å²) in [7, 11) is 0. The third-order valence-electron chi connectivity index (χ3n) is 7.54. The predicted octanol–water partition coefficient (Wildman–Crippen LogP) is 10.1. The van der Waals surface area contributed by atoms with Crippen molar-refractivity contribution in [1.82, 2.24) is 0 Å². The van der Waals surface area contributed by atoms with E-state index in [9.17, 15) is 9.90 Å². The van der Waals surface area contributed by atoms with E-state index in [2.05, 4.69) is 26.8 Å². The molecule has 0 saturated heterocycles. The molecule has 3 nitrogen and oxygen atoms in total. The van der Waals surface area contributed by atoms with Crippen LogP contribution >= 0.6 is 0 Å². The molecule has 2 unspecified atom stereocenters. The molecule has 0 amide bonds. The number of carbonyl (C=O) groups is 1. The summed E-state index contributed by atoms with van der Waals surface area (Å²) in [6, 6.07) is 7.80. The zero-order valence-corrected chi connectivity index (χ0v) is 23.4. The molecule has 0 heterocycles. The summed E-state index contributed by atoms with van der Waals surface area (Å²) in [6.45, 7) is 7.28. The molecule has 0 bridgehead atoms. The van der Waals surface area contributed by atoms with E-state index in [1.807, 2.05) is 12.1 Å². The highest BCUT2D eigenvalue weighted by atomic mass is 16.5. The van der Waals surface area contributed by atoms with Gasteiger partial charge in [-0.15, -0.1) is 0 Å². The van der Waals surface area contributed by atoms with Crippen molar-refractivity contribution in [1.29, 1.82) is 0 Å². The summed E-state index contributed by atoms with van der Waals surface area (Å²) < 4.78 is 5.49. The van der Waals surface area contributed by atoms with Crippen LogP contribution in [-0.4, -0.2) is 17.7 Å². The van der Waals surface area contributed by atoms with Crippen LogP contribution in [0.3, 0.4) is 0 Å². The van der Waals surface area contributed by atoms with Gasteiger partial charge in [0.2, 0.25) is 0 Å². The summed E-state index contributed by atoms with van der Waals surface area (Å²) in [5, 5.41) is 9.71. The molecule has 0 radical (unpaired) electrons. The molecule has 0 aliphatic heterocycles. The van der Waals surface area contributed by atoms with E-state index in [0.717, 1.165) is 25.7 Å². The molecule has 202 valence electrons. The Morgan fingerprint density at radius 1 is 0.771 bits per heavy atom. The highest BCUT2D eigenvalue weighted by Crippen LogP contribution is 2.28. The normalized spacial score (nSPS) is 13.0. The summed E-state index contributed by atoms with van der Waals surface area (Å²) in [6.07, 6.45) is 23.2. The zero-order chi connectivity index (χ0) is 25.6. The molecular weight excluding hydrogens is 432 g/mol. The first-order valence-electron chi connectivity index (χ1n) is 15.0. The van der Waals surface area contributed by atoms with Gasteiger partial charge in [0.25, 0.3) is 0 Å². The van der Waals surface area contributed by atoms with Gasteiger partial charge in [0.1, 0.15) is 5.75 Å². The van der Waals surface area contributed by atoms with Crippen LogP contribution in [0.1, 0.15) is 154 Å². The minimum absolute atomic E-state index is 0.00419. The molecular formula is C32H56O3. The molecule has 0 aromatic heterocycles. The maximum absolute atomic E-state index is 11.9. The van der Waals surface area contributed by atoms with Crippen molar-refractivity contribution in [2.75, 3.05) is 6.61 Å². The number of rotatable bonds is 23. The number of ether oxygens (including phenoxy) is 1. The first-order chi connectivity index (χ1) is 17.1. The second-order valence-electron chi connectivity index (χ2n) is 10.6. The SMILES string of the molecule is CCCCC(CC)COC(=O)CCCCCCCCCCCCCCC(CC)c1cccc(O)c1. The van der Waals surface area contributed by atoms with Gasteiger partial charge in [0.05, 0.1) is 6.61 Å². The van der Waals surface area contributed by atoms with E-state index in [1.165, 1.54) is 95.5 Å². The Morgan fingerprint density at radius 3 is 1.91 bits per heavy atom. The molecule has 0 fully saturated rings. The summed E-state index contributed by atoms with van der Waals surface area (Å²) in [4.78, 5) is 11.9. The lowest BCUT2D eigenvalue weighted by molar-refractivity contribution is -0.145. The van der Waals surface area contributed by atoms with Crippen molar-refractivity contribution in [3.05, 3.63) is 29.8 Å². The van der Waals surface area contributed by atoms with Crippen LogP contribution in [-0.2, 0) is 9.53 Å². The largest absolute Gasteiger partial charge is 0.508 e. The minimum atomic E-state index is 0.00419. The zero-order valence-electron chi connectivity index (χ0n) is 23.4. The van der Waals surface area contributed by atoms with Crippen LogP contribution in [0.15, 0.2) is 24.3 Å². The van der Waals surface area contributed by atoms with Gasteiger partial charge in [-0.05, 0) is 55.2 Å². The Hall–Kier alpha value is -1.51. The topological polar surface area (TPSA) is 46.5 Å². The van der Waals surface area contributed by atoms with Crippen molar-refractivity contribution in [2.24, 2.45) is 5.92 Å². The Balaban J connectivity index is 1.88. The molecule has 1 N–H and O–H groups in total. The van der Waals surface area contributed by atoms with Gasteiger partial charge in [-0.2, -0.15) is 0 Å². The number of phenolic OH excluding ortho intramolecular Hbond substituents is 1. The summed E-state index contributed by atoms with van der Waals surface area (Å²) in [5.41, 5.74) is 1.29. The maximum atomic E-state index is 11.9. The van der Waals surface area contributed by atoms with Crippen molar-refractivity contribution in [3.8, 4) is 5.75 Å². The monoisotopic (exact) mass is 488 g/mol. The van der Waals surface area contributed by atoms with Crippen molar-refractivity contribution in [2.45, 2.75) is 149 Å². The lowest BCUT2D eigenvalue weighted by atomic mass is 9.90. The number of phenols is 1. The molecule has 0 aliphatic rings. The number of unbranched alkanes of at least 4 members (excludes halogenated alkanes) is 12. The van der Waals surface area contributed by atoms with E-state index < -0.39 is 0 Å². The molecule has 35 heavy (non-hydrogen) atoms. The third kappa shape index (κ3) is 16.7. The van der Waals surface area contributed by atoms with Crippen molar-refractivity contribution >= 4 is 5.97 Å². The van der Waals surface area contributed by atoms with E-state index in [4.69, 9.17) is 4.74 Å². The van der Waals surface area contributed by atoms with E-state index in [1.54, 1.807) is 6.07 Å². The van der Waals surface area contributed by atoms with Crippen LogP contribution in [0.4, 0.5) is 0 Å². The molecule has 0 spiro atoms. The van der Waals surface area contributed by atoms with Crippen LogP contribution in [0.2, 0.25) is 0 Å². The lowest BCUT2D eigenvalue weighted by Gasteiger charge is -2.15. The second-order valence-corrected chi connectivity index (χ2v) is 10.6. The Bertz CT molecular complexity index is 627. The Labute approximate surface area is 217 Å². The summed E-state index contributed by atoms with van der Waals surface area (Å²) in [5.74, 6) is 1.52. The standard InChI is InChI=1S/C32H56O3/c1-4-7-21-28(5-2)27-35-32(34)25-19-17-15-13-11-9-8-10-12-14-16-18-22-29(6-3)30-23-20-24-31(33)26-30/h20,23-24,26,28-29,33H,4-19,21-22,25,27H2,1-3H3. The average Bonchev–Trinajstić information content (AvgIpc) is 2.86. The highest BCUT2D eigenvalue weighted by molar-refractivity contribution is 5.69. The fourth-order valence-electron chi connectivity index (χ4n) is 4.99. The first kappa shape index (κ1) is 31.5. The van der Waals surface area contributed by atoms with Gasteiger partial charge in [0.15, 0.2) is 0 Å². The molecule has 1 aromatic rings. The molecule has 1 rings (SSSR count). The van der Waals surface area contributed by atoms with Gasteiger partial charge in [0, 0.05) is 6.42 Å². The van der Waals surface area contributed by atoms with Gasteiger partial charge in [-0.3, -0.25) is 4.79 Å². The van der Waals surface area contributed by atoms with E-state index in [0.29, 0.717) is 30.6 Å². The number of esters is 1. The average molecular weight is 489 g/mol. The van der Waals surface area contributed by atoms with Crippen molar-refractivity contribution < 1.29 is 14.6 Å². The predicted molar refractivity (Wildman–Crippen MR) is 150 cm³/mol. The number of aromatic hydroxyl groups is 1. The van der Waals surface area contributed by atoms with E-state index in [-0.39, 0.29) is 5.97 Å². The van der Waals surface area contributed by atoms with Gasteiger partial charge >= 0.3 is 5.97 Å². The van der Waals surface area contributed by atoms with Crippen LogP contribution in [0, 0.1) is 5.92 Å². The third-order valence-corrected chi connectivity index (χ3v) is 7.54. The Kier molecular flexibility index (Phi) is 19.6. The minimum Gasteiger partial charge on any atom is -0.508 e. The lowest BCUT2D eigenvalue weighted by Crippen LogP contribution is -2.13. The first-order valence-corrected chi connectivity index (χ1v) is 15.0. The molecule has 3 heteroatoms. The molecule has 0 aliphatic carbocycles. The summed E-state index contributed by atoms with van der Waals surface area (Å²) >= 11 is 0. The Morgan fingerprint density at radius 2 is 1.37 bits per heavy atom. The molecule has 1 aromatic carbocycles. The van der Waals surface area contributed by atoms with Crippen LogP contribution in [0.25, 0.3) is 0 Å². The van der Waals surface area contributed by atoms with Crippen LogP contribution < -0.4 is 0 Å². The van der Waals surface area contributed by atoms with Gasteiger partial charge in [-0.25, -0.2) is 0 Å². The second kappa shape index (κ2) is 21.7. The fraction of sp³-hybridized carbons (Fsp3) is 0.781. The number of carbonyl (C=O) groups excluding carboxylic acids is 1. The number of hydrogen-bond donors (Lipinski definition) is 1. The van der Waals surface area contributed by atoms with Crippen LogP contribution in [0.5, 0.6) is 5.75 Å². The smallest absolute Gasteiger partial charge is 0.305 e.